The second-order valence-corrected chi connectivity index (χ2v) is 8.72. The van der Waals surface area contributed by atoms with E-state index < -0.39 is 5.97 Å². The minimum Gasteiger partial charge on any atom is -0.491 e. The molecular weight excluding hydrogens is 472 g/mol. The van der Waals surface area contributed by atoms with E-state index in [1.54, 1.807) is 35.9 Å². The van der Waals surface area contributed by atoms with Crippen molar-refractivity contribution in [3.63, 3.8) is 0 Å². The number of methoxy groups -OCH3 is 1. The molecule has 1 N–H and O–H groups in total. The highest BCUT2D eigenvalue weighted by molar-refractivity contribution is 6.31. The van der Waals surface area contributed by atoms with Crippen molar-refractivity contribution in [2.24, 2.45) is 0 Å². The molecule has 0 unspecified atom stereocenters. The molecule has 184 valence electrons. The Kier molecular flexibility index (Phi) is 7.80. The van der Waals surface area contributed by atoms with Crippen LogP contribution < -0.4 is 10.3 Å². The molecule has 0 radical (unpaired) electrons. The Balaban J connectivity index is 1.53. The maximum absolute atomic E-state index is 13.3. The summed E-state index contributed by atoms with van der Waals surface area (Å²) >= 11 is 6.20. The van der Waals surface area contributed by atoms with Gasteiger partial charge in [-0.2, -0.15) is 0 Å². The number of aromatic carboxylic acids is 1. The molecule has 10 heteroatoms. The van der Waals surface area contributed by atoms with Crippen LogP contribution in [0.15, 0.2) is 41.3 Å². The molecule has 3 heterocycles. The van der Waals surface area contributed by atoms with Gasteiger partial charge in [-0.15, -0.1) is 0 Å². The zero-order valence-electron chi connectivity index (χ0n) is 19.7. The van der Waals surface area contributed by atoms with Crippen LogP contribution in [0.25, 0.3) is 11.1 Å². The van der Waals surface area contributed by atoms with Gasteiger partial charge in [-0.3, -0.25) is 14.3 Å². The Labute approximate surface area is 207 Å². The molecule has 1 aliphatic heterocycles. The molecule has 1 aromatic carbocycles. The Morgan fingerprint density at radius 3 is 2.80 bits per heavy atom. The van der Waals surface area contributed by atoms with Crippen molar-refractivity contribution >= 4 is 17.6 Å². The zero-order chi connectivity index (χ0) is 24.9. The summed E-state index contributed by atoms with van der Waals surface area (Å²) in [5.41, 5.74) is 2.73. The Morgan fingerprint density at radius 2 is 2.03 bits per heavy atom. The van der Waals surface area contributed by atoms with E-state index in [1.165, 1.54) is 12.3 Å². The molecule has 0 aliphatic carbocycles. The number of aromatic nitrogens is 3. The summed E-state index contributed by atoms with van der Waals surface area (Å²) in [7, 11) is 1.67. The number of halogens is 1. The van der Waals surface area contributed by atoms with Crippen LogP contribution in [-0.2, 0) is 24.2 Å². The largest absolute Gasteiger partial charge is 0.491 e. The number of rotatable bonds is 9. The van der Waals surface area contributed by atoms with Crippen molar-refractivity contribution in [3.05, 3.63) is 74.7 Å². The number of carboxylic acid groups (broad SMARTS) is 1. The van der Waals surface area contributed by atoms with Gasteiger partial charge in [0.2, 0.25) is 0 Å². The van der Waals surface area contributed by atoms with E-state index in [-0.39, 0.29) is 17.9 Å². The molecule has 0 amide bonds. The van der Waals surface area contributed by atoms with E-state index >= 15 is 0 Å². The zero-order valence-corrected chi connectivity index (χ0v) is 20.4. The summed E-state index contributed by atoms with van der Waals surface area (Å²) in [4.78, 5) is 35.3. The number of hydrogen-bond acceptors (Lipinski definition) is 7. The van der Waals surface area contributed by atoms with E-state index in [0.29, 0.717) is 47.4 Å². The van der Waals surface area contributed by atoms with Crippen LogP contribution in [0.1, 0.15) is 27.6 Å². The van der Waals surface area contributed by atoms with Crippen LogP contribution in [-0.4, -0.2) is 63.9 Å². The first-order valence-corrected chi connectivity index (χ1v) is 11.7. The first-order valence-electron chi connectivity index (χ1n) is 11.3. The Bertz CT molecular complexity index is 1290. The SMILES string of the molecule is COCCN1CCc2nc(C)n(CCOc3ccc(Cl)cc3-c3ccnc(C(=O)O)c3)c(=O)c2C1. The third-order valence-corrected chi connectivity index (χ3v) is 6.24. The number of benzene rings is 1. The van der Waals surface area contributed by atoms with Crippen molar-refractivity contribution < 1.29 is 19.4 Å². The summed E-state index contributed by atoms with van der Waals surface area (Å²) in [6, 6.07) is 8.31. The van der Waals surface area contributed by atoms with Gasteiger partial charge in [0.25, 0.3) is 5.56 Å². The standard InChI is InChI=1S/C25H27ClN4O5/c1-16-28-21-6-8-29(9-11-34-2)15-20(21)24(31)30(16)10-12-35-23-4-3-18(26)14-19(23)17-5-7-27-22(13-17)25(32)33/h3-5,7,13-14H,6,8-12,15H2,1-2H3,(H,32,33). The molecule has 35 heavy (non-hydrogen) atoms. The smallest absolute Gasteiger partial charge is 0.354 e. The fourth-order valence-corrected chi connectivity index (χ4v) is 4.35. The van der Waals surface area contributed by atoms with Gasteiger partial charge in [-0.1, -0.05) is 11.6 Å². The maximum Gasteiger partial charge on any atom is 0.354 e. The summed E-state index contributed by atoms with van der Waals surface area (Å²) in [5, 5.41) is 9.77. The third kappa shape index (κ3) is 5.70. The van der Waals surface area contributed by atoms with E-state index in [4.69, 9.17) is 21.1 Å². The van der Waals surface area contributed by atoms with Crippen molar-refractivity contribution in [3.8, 4) is 16.9 Å². The molecule has 0 bridgehead atoms. The molecule has 0 saturated carbocycles. The topological polar surface area (TPSA) is 107 Å². The monoisotopic (exact) mass is 498 g/mol. The van der Waals surface area contributed by atoms with E-state index in [1.807, 2.05) is 6.92 Å². The fraction of sp³-hybridized carbons (Fsp3) is 0.360. The predicted molar refractivity (Wildman–Crippen MR) is 131 cm³/mol. The van der Waals surface area contributed by atoms with Crippen LogP contribution in [0.4, 0.5) is 0 Å². The normalized spacial score (nSPS) is 13.5. The highest BCUT2D eigenvalue weighted by Gasteiger charge is 2.22. The van der Waals surface area contributed by atoms with Gasteiger partial charge in [0, 0.05) is 49.9 Å². The average Bonchev–Trinajstić information content (AvgIpc) is 2.85. The lowest BCUT2D eigenvalue weighted by Crippen LogP contribution is -2.40. The molecule has 0 atom stereocenters. The third-order valence-electron chi connectivity index (χ3n) is 6.00. The van der Waals surface area contributed by atoms with Gasteiger partial charge >= 0.3 is 5.97 Å². The summed E-state index contributed by atoms with van der Waals surface area (Å²) in [6.45, 7) is 5.17. The fourth-order valence-electron chi connectivity index (χ4n) is 4.18. The lowest BCUT2D eigenvalue weighted by molar-refractivity contribution is 0.0690. The van der Waals surface area contributed by atoms with Crippen molar-refractivity contribution in [1.29, 1.82) is 0 Å². The Morgan fingerprint density at radius 1 is 1.20 bits per heavy atom. The molecule has 2 aromatic heterocycles. The second kappa shape index (κ2) is 11.0. The van der Waals surface area contributed by atoms with Gasteiger partial charge in [-0.05, 0) is 42.8 Å². The minimum absolute atomic E-state index is 0.0465. The Hall–Kier alpha value is -3.27. The summed E-state index contributed by atoms with van der Waals surface area (Å²) < 4.78 is 12.9. The number of ether oxygens (including phenoxy) is 2. The number of carbonyl (C=O) groups is 1. The van der Waals surface area contributed by atoms with Crippen LogP contribution in [0, 0.1) is 6.92 Å². The van der Waals surface area contributed by atoms with Crippen molar-refractivity contribution in [2.75, 3.05) is 33.4 Å². The van der Waals surface area contributed by atoms with Crippen molar-refractivity contribution in [1.82, 2.24) is 19.4 Å². The maximum atomic E-state index is 13.3. The first-order chi connectivity index (χ1) is 16.9. The van der Waals surface area contributed by atoms with Crippen LogP contribution >= 0.6 is 11.6 Å². The molecule has 9 nitrogen and oxygen atoms in total. The molecule has 1 aliphatic rings. The van der Waals surface area contributed by atoms with Crippen LogP contribution in [0.2, 0.25) is 5.02 Å². The van der Waals surface area contributed by atoms with Gasteiger partial charge in [0.05, 0.1) is 24.4 Å². The quantitative estimate of drug-likeness (QED) is 0.479. The first kappa shape index (κ1) is 24.8. The number of hydrogen-bond donors (Lipinski definition) is 1. The van der Waals surface area contributed by atoms with Gasteiger partial charge < -0.3 is 14.6 Å². The van der Waals surface area contributed by atoms with E-state index in [2.05, 4.69) is 14.9 Å². The number of pyridine rings is 1. The van der Waals surface area contributed by atoms with Gasteiger partial charge in [0.1, 0.15) is 23.9 Å². The van der Waals surface area contributed by atoms with Gasteiger partial charge in [-0.25, -0.2) is 14.8 Å². The van der Waals surface area contributed by atoms with Crippen LogP contribution in [0.3, 0.4) is 0 Å². The molecule has 0 saturated heterocycles. The lowest BCUT2D eigenvalue weighted by atomic mass is 10.0. The molecule has 0 spiro atoms. The van der Waals surface area contributed by atoms with Crippen molar-refractivity contribution in [2.45, 2.75) is 26.4 Å². The van der Waals surface area contributed by atoms with Gasteiger partial charge in [0.15, 0.2) is 0 Å². The summed E-state index contributed by atoms with van der Waals surface area (Å²) in [6.07, 6.45) is 2.17. The highest BCUT2D eigenvalue weighted by atomic mass is 35.5. The van der Waals surface area contributed by atoms with E-state index in [0.717, 1.165) is 30.8 Å². The number of aryl methyl sites for hydroxylation is 1. The predicted octanol–water partition coefficient (Wildman–Crippen LogP) is 3.05. The van der Waals surface area contributed by atoms with Crippen LogP contribution in [0.5, 0.6) is 5.75 Å². The molecular formula is C25H27ClN4O5. The second-order valence-electron chi connectivity index (χ2n) is 8.28. The number of carboxylic acids is 1. The lowest BCUT2D eigenvalue weighted by Gasteiger charge is -2.28. The average molecular weight is 499 g/mol. The summed E-state index contributed by atoms with van der Waals surface area (Å²) in [5.74, 6) is 0.0606. The number of fused-ring (bicyclic) bond motifs is 1. The molecule has 4 rings (SSSR count). The van der Waals surface area contributed by atoms with E-state index in [9.17, 15) is 14.7 Å². The minimum atomic E-state index is -1.12. The highest BCUT2D eigenvalue weighted by Crippen LogP contribution is 2.33. The number of nitrogens with zero attached hydrogens (tertiary/aromatic N) is 4. The molecule has 3 aromatic rings. The molecule has 0 fully saturated rings.